The highest BCUT2D eigenvalue weighted by Crippen LogP contribution is 2.25. The zero-order chi connectivity index (χ0) is 15.2. The van der Waals surface area contributed by atoms with E-state index in [1.165, 1.54) is 12.1 Å². The maximum atomic E-state index is 14.0. The van der Waals surface area contributed by atoms with E-state index in [1.807, 2.05) is 0 Å². The zero-order valence-corrected chi connectivity index (χ0v) is 11.9. The van der Waals surface area contributed by atoms with Gasteiger partial charge in [0.2, 0.25) is 0 Å². The third-order valence-electron chi connectivity index (χ3n) is 3.24. The summed E-state index contributed by atoms with van der Waals surface area (Å²) in [4.78, 5) is 11.4. The van der Waals surface area contributed by atoms with Crippen molar-refractivity contribution in [1.29, 1.82) is 0 Å². The lowest BCUT2D eigenvalue weighted by atomic mass is 10.1. The van der Waals surface area contributed by atoms with E-state index >= 15 is 0 Å². The van der Waals surface area contributed by atoms with Crippen molar-refractivity contribution in [3.8, 4) is 5.75 Å². The molecule has 1 aliphatic heterocycles. The van der Waals surface area contributed by atoms with Crippen LogP contribution >= 0.6 is 0 Å². The molecule has 5 nitrogen and oxygen atoms in total. The molecule has 1 fully saturated rings. The van der Waals surface area contributed by atoms with Crippen LogP contribution in [-0.4, -0.2) is 37.0 Å². The quantitative estimate of drug-likeness (QED) is 0.842. The van der Waals surface area contributed by atoms with Gasteiger partial charge in [0.05, 0.1) is 19.8 Å². The van der Waals surface area contributed by atoms with E-state index in [2.05, 4.69) is 0 Å². The predicted molar refractivity (Wildman–Crippen MR) is 72.5 cm³/mol. The first-order valence-electron chi connectivity index (χ1n) is 7.00. The highest BCUT2D eigenvalue weighted by Gasteiger charge is 2.21. The molecule has 6 heteroatoms. The van der Waals surface area contributed by atoms with Gasteiger partial charge in [-0.3, -0.25) is 0 Å². The molecular weight excluding hydrogens is 279 g/mol. The lowest BCUT2D eigenvalue weighted by Crippen LogP contribution is -2.26. The first-order valence-corrected chi connectivity index (χ1v) is 7.00. The van der Waals surface area contributed by atoms with Gasteiger partial charge >= 0.3 is 5.97 Å². The van der Waals surface area contributed by atoms with E-state index in [0.29, 0.717) is 26.1 Å². The maximum absolute atomic E-state index is 14.0. The van der Waals surface area contributed by atoms with Crippen molar-refractivity contribution < 1.29 is 28.5 Å². The van der Waals surface area contributed by atoms with Gasteiger partial charge in [0.1, 0.15) is 6.10 Å². The smallest absolute Gasteiger partial charge is 0.339 e. The lowest BCUT2D eigenvalue weighted by Gasteiger charge is -2.23. The van der Waals surface area contributed by atoms with E-state index in [0.717, 1.165) is 6.07 Å². The Kier molecular flexibility index (Phi) is 5.52. The molecule has 0 bridgehead atoms. The number of halogens is 1. The number of hydrogen-bond acceptors (Lipinski definition) is 5. The minimum Gasteiger partial charge on any atom is -0.487 e. The lowest BCUT2D eigenvalue weighted by molar-refractivity contribution is -0.153. The summed E-state index contributed by atoms with van der Waals surface area (Å²) in [7, 11) is 0. The molecule has 21 heavy (non-hydrogen) atoms. The van der Waals surface area contributed by atoms with Gasteiger partial charge in [-0.15, -0.1) is 0 Å². The van der Waals surface area contributed by atoms with Crippen LogP contribution in [0.5, 0.6) is 5.75 Å². The number of ether oxygens (including phenoxy) is 3. The van der Waals surface area contributed by atoms with Crippen molar-refractivity contribution in [2.45, 2.75) is 32.0 Å². The van der Waals surface area contributed by atoms with Crippen molar-refractivity contribution in [2.75, 3.05) is 19.8 Å². The van der Waals surface area contributed by atoms with Crippen LogP contribution < -0.4 is 4.74 Å². The molecule has 0 radical (unpaired) electrons. The number of hydrogen-bond donors (Lipinski definition) is 1. The van der Waals surface area contributed by atoms with E-state index < -0.39 is 17.9 Å². The molecule has 2 rings (SSSR count). The number of benzene rings is 1. The average molecular weight is 298 g/mol. The summed E-state index contributed by atoms with van der Waals surface area (Å²) in [5, 5.41) is 9.76. The molecule has 1 heterocycles. The molecule has 0 aliphatic carbocycles. The summed E-state index contributed by atoms with van der Waals surface area (Å²) in [6.07, 6.45) is -0.134. The molecule has 1 saturated heterocycles. The molecule has 1 unspecified atom stereocenters. The van der Waals surface area contributed by atoms with Crippen LogP contribution in [0.4, 0.5) is 4.39 Å². The second-order valence-corrected chi connectivity index (χ2v) is 4.77. The number of carbonyl (C=O) groups is 1. The molecule has 1 aromatic carbocycles. The van der Waals surface area contributed by atoms with Crippen LogP contribution in [0.2, 0.25) is 0 Å². The Morgan fingerprint density at radius 2 is 2.19 bits per heavy atom. The van der Waals surface area contributed by atoms with Crippen LogP contribution in [0.15, 0.2) is 18.2 Å². The van der Waals surface area contributed by atoms with E-state index in [4.69, 9.17) is 14.2 Å². The molecular formula is C15H19FO5. The normalized spacial score (nSPS) is 17.3. The first kappa shape index (κ1) is 15.7. The standard InChI is InChI=1S/C15H19FO5/c1-2-20-15(18)14(17)10-3-4-13(12(16)9-10)21-11-5-7-19-8-6-11/h3-4,9,11,14,17H,2,5-8H2,1H3. The number of rotatable bonds is 5. The van der Waals surface area contributed by atoms with Crippen molar-refractivity contribution in [1.82, 2.24) is 0 Å². The molecule has 0 amide bonds. The Hall–Kier alpha value is -1.66. The second kappa shape index (κ2) is 7.38. The Morgan fingerprint density at radius 1 is 1.48 bits per heavy atom. The van der Waals surface area contributed by atoms with Crippen LogP contribution in [-0.2, 0) is 14.3 Å². The largest absolute Gasteiger partial charge is 0.487 e. The molecule has 1 N–H and O–H groups in total. The fourth-order valence-electron chi connectivity index (χ4n) is 2.11. The van der Waals surface area contributed by atoms with Crippen molar-refractivity contribution in [3.63, 3.8) is 0 Å². The van der Waals surface area contributed by atoms with Gasteiger partial charge < -0.3 is 19.3 Å². The van der Waals surface area contributed by atoms with Gasteiger partial charge in [0.15, 0.2) is 17.7 Å². The van der Waals surface area contributed by atoms with Crippen LogP contribution in [0, 0.1) is 5.82 Å². The molecule has 0 aromatic heterocycles. The van der Waals surface area contributed by atoms with Gasteiger partial charge in [-0.2, -0.15) is 0 Å². The van der Waals surface area contributed by atoms with Crippen LogP contribution in [0.25, 0.3) is 0 Å². The topological polar surface area (TPSA) is 65.0 Å². The van der Waals surface area contributed by atoms with E-state index in [9.17, 15) is 14.3 Å². The van der Waals surface area contributed by atoms with Gasteiger partial charge in [-0.1, -0.05) is 6.07 Å². The third kappa shape index (κ3) is 4.15. The van der Waals surface area contributed by atoms with Gasteiger partial charge in [0, 0.05) is 12.8 Å². The van der Waals surface area contributed by atoms with Crippen LogP contribution in [0.3, 0.4) is 0 Å². The Balaban J connectivity index is 2.04. The summed E-state index contributed by atoms with van der Waals surface area (Å²) in [5.74, 6) is -1.29. The highest BCUT2D eigenvalue weighted by molar-refractivity contribution is 5.76. The van der Waals surface area contributed by atoms with Crippen molar-refractivity contribution in [3.05, 3.63) is 29.6 Å². The SMILES string of the molecule is CCOC(=O)C(O)c1ccc(OC2CCOCC2)c(F)c1. The molecule has 1 aliphatic rings. The number of aliphatic hydroxyl groups excluding tert-OH is 1. The Labute approximate surface area is 122 Å². The zero-order valence-electron chi connectivity index (χ0n) is 11.9. The monoisotopic (exact) mass is 298 g/mol. The summed E-state index contributed by atoms with van der Waals surface area (Å²) in [6.45, 7) is 3.00. The summed E-state index contributed by atoms with van der Waals surface area (Å²) in [5.41, 5.74) is 0.144. The van der Waals surface area contributed by atoms with Crippen molar-refractivity contribution >= 4 is 5.97 Å². The number of carbonyl (C=O) groups excluding carboxylic acids is 1. The summed E-state index contributed by atoms with van der Waals surface area (Å²) < 4.78 is 29.5. The molecule has 1 atom stereocenters. The van der Waals surface area contributed by atoms with Gasteiger partial charge in [-0.25, -0.2) is 9.18 Å². The average Bonchev–Trinajstić information content (AvgIpc) is 2.50. The summed E-state index contributed by atoms with van der Waals surface area (Å²) in [6, 6.07) is 3.97. The predicted octanol–water partition coefficient (Wildman–Crippen LogP) is 1.98. The molecule has 0 saturated carbocycles. The third-order valence-corrected chi connectivity index (χ3v) is 3.24. The minimum atomic E-state index is -1.49. The number of esters is 1. The van der Waals surface area contributed by atoms with Crippen molar-refractivity contribution in [2.24, 2.45) is 0 Å². The van der Waals surface area contributed by atoms with E-state index in [-0.39, 0.29) is 24.0 Å². The second-order valence-electron chi connectivity index (χ2n) is 4.77. The van der Waals surface area contributed by atoms with Gasteiger partial charge in [-0.05, 0) is 24.6 Å². The Morgan fingerprint density at radius 3 is 2.81 bits per heavy atom. The van der Waals surface area contributed by atoms with Crippen LogP contribution in [0.1, 0.15) is 31.4 Å². The highest BCUT2D eigenvalue weighted by atomic mass is 19.1. The fraction of sp³-hybridized carbons (Fsp3) is 0.533. The molecule has 116 valence electrons. The minimum absolute atomic E-state index is 0.0749. The molecule has 1 aromatic rings. The van der Waals surface area contributed by atoms with E-state index in [1.54, 1.807) is 6.92 Å². The maximum Gasteiger partial charge on any atom is 0.339 e. The fourth-order valence-corrected chi connectivity index (χ4v) is 2.11. The Bertz CT molecular complexity index is 485. The molecule has 0 spiro atoms. The first-order chi connectivity index (χ1) is 10.1. The summed E-state index contributed by atoms with van der Waals surface area (Å²) >= 11 is 0. The number of aliphatic hydroxyl groups is 1. The van der Waals surface area contributed by atoms with Gasteiger partial charge in [0.25, 0.3) is 0 Å².